The molecule has 22 heavy (non-hydrogen) atoms. The molecule has 2 aliphatic rings. The van der Waals surface area contributed by atoms with E-state index in [-0.39, 0.29) is 18.1 Å². The fourth-order valence-corrected chi connectivity index (χ4v) is 3.20. The summed E-state index contributed by atoms with van der Waals surface area (Å²) >= 11 is 0. The van der Waals surface area contributed by atoms with E-state index in [1.165, 1.54) is 0 Å². The molecule has 0 bridgehead atoms. The number of hydrogen-bond donors (Lipinski definition) is 1. The van der Waals surface area contributed by atoms with Gasteiger partial charge >= 0.3 is 0 Å². The molecule has 1 N–H and O–H groups in total. The average Bonchev–Trinajstić information content (AvgIpc) is 3.08. The molecular formula is C16H24N4O2. The molecule has 3 heterocycles. The summed E-state index contributed by atoms with van der Waals surface area (Å²) in [6, 6.07) is 2.01. The van der Waals surface area contributed by atoms with Crippen LogP contribution >= 0.6 is 0 Å². The fourth-order valence-electron chi connectivity index (χ4n) is 3.20. The van der Waals surface area contributed by atoms with Crippen molar-refractivity contribution in [1.82, 2.24) is 15.3 Å². The van der Waals surface area contributed by atoms with Crippen molar-refractivity contribution in [3.63, 3.8) is 0 Å². The van der Waals surface area contributed by atoms with Gasteiger partial charge in [0.05, 0.1) is 6.10 Å². The number of nitrogens with one attached hydrogen (secondary N) is 1. The predicted molar refractivity (Wildman–Crippen MR) is 83.6 cm³/mol. The summed E-state index contributed by atoms with van der Waals surface area (Å²) in [6.45, 7) is 2.59. The quantitative estimate of drug-likeness (QED) is 0.893. The minimum absolute atomic E-state index is 0.135. The number of piperidine rings is 1. The van der Waals surface area contributed by atoms with Gasteiger partial charge in [-0.1, -0.05) is 0 Å². The number of carbonyl (C=O) groups excluding carboxylic acids is 1. The van der Waals surface area contributed by atoms with Gasteiger partial charge in [-0.2, -0.15) is 0 Å². The lowest BCUT2D eigenvalue weighted by Gasteiger charge is -2.33. The first kappa shape index (κ1) is 15.2. The third kappa shape index (κ3) is 4.16. The highest BCUT2D eigenvalue weighted by molar-refractivity contribution is 5.76. The zero-order valence-electron chi connectivity index (χ0n) is 12.9. The lowest BCUT2D eigenvalue weighted by molar-refractivity contribution is -0.122. The zero-order valence-corrected chi connectivity index (χ0v) is 12.9. The highest BCUT2D eigenvalue weighted by Crippen LogP contribution is 2.18. The molecule has 1 aromatic heterocycles. The number of hydrogen-bond acceptors (Lipinski definition) is 5. The van der Waals surface area contributed by atoms with Crippen molar-refractivity contribution >= 4 is 11.9 Å². The minimum Gasteiger partial charge on any atom is -0.378 e. The predicted octanol–water partition coefficient (Wildman–Crippen LogP) is 1.52. The van der Waals surface area contributed by atoms with Gasteiger partial charge in [0.2, 0.25) is 11.9 Å². The van der Waals surface area contributed by atoms with Gasteiger partial charge in [0.15, 0.2) is 0 Å². The SMILES string of the molecule is O=C(CC[C@@H]1CCCO1)N[C@H]1CCCN(c2ncccn2)C1. The van der Waals surface area contributed by atoms with Gasteiger partial charge in [-0.15, -0.1) is 0 Å². The van der Waals surface area contributed by atoms with Gasteiger partial charge in [0, 0.05) is 44.6 Å². The maximum Gasteiger partial charge on any atom is 0.225 e. The summed E-state index contributed by atoms with van der Waals surface area (Å²) in [4.78, 5) is 22.8. The van der Waals surface area contributed by atoms with Crippen molar-refractivity contribution in [3.8, 4) is 0 Å². The van der Waals surface area contributed by atoms with Crippen molar-refractivity contribution in [1.29, 1.82) is 0 Å². The summed E-state index contributed by atoms with van der Waals surface area (Å²) < 4.78 is 5.56. The Hall–Kier alpha value is -1.69. The molecule has 2 aliphatic heterocycles. The Labute approximate surface area is 131 Å². The van der Waals surface area contributed by atoms with Crippen LogP contribution in [0.3, 0.4) is 0 Å². The van der Waals surface area contributed by atoms with Crippen LogP contribution in [0.5, 0.6) is 0 Å². The van der Waals surface area contributed by atoms with E-state index < -0.39 is 0 Å². The minimum atomic E-state index is 0.135. The number of amides is 1. The number of anilines is 1. The monoisotopic (exact) mass is 304 g/mol. The second-order valence-electron chi connectivity index (χ2n) is 6.08. The van der Waals surface area contributed by atoms with Crippen molar-refractivity contribution in [2.45, 2.75) is 50.7 Å². The standard InChI is InChI=1S/C16H24N4O2/c21-15(7-6-14-5-2-11-22-14)19-13-4-1-10-20(12-13)16-17-8-3-9-18-16/h3,8-9,13-14H,1-2,4-7,10-12H2,(H,19,21)/t13-,14-/m0/s1. The van der Waals surface area contributed by atoms with Gasteiger partial charge in [0.25, 0.3) is 0 Å². The van der Waals surface area contributed by atoms with E-state index in [4.69, 9.17) is 4.74 Å². The first-order chi connectivity index (χ1) is 10.8. The largest absolute Gasteiger partial charge is 0.378 e. The van der Waals surface area contributed by atoms with Crippen LogP contribution in [0.15, 0.2) is 18.5 Å². The molecule has 120 valence electrons. The first-order valence-electron chi connectivity index (χ1n) is 8.24. The maximum absolute atomic E-state index is 12.1. The third-order valence-electron chi connectivity index (χ3n) is 4.34. The van der Waals surface area contributed by atoms with E-state index in [0.717, 1.165) is 57.7 Å². The van der Waals surface area contributed by atoms with Crippen molar-refractivity contribution in [2.75, 3.05) is 24.6 Å². The molecule has 3 rings (SSSR count). The molecule has 0 aliphatic carbocycles. The molecule has 1 aromatic rings. The second kappa shape index (κ2) is 7.54. The second-order valence-corrected chi connectivity index (χ2v) is 6.08. The first-order valence-corrected chi connectivity index (χ1v) is 8.24. The van der Waals surface area contributed by atoms with Crippen LogP contribution in [0.4, 0.5) is 5.95 Å². The molecule has 2 fully saturated rings. The Bertz CT molecular complexity index is 476. The number of rotatable bonds is 5. The fraction of sp³-hybridized carbons (Fsp3) is 0.688. The van der Waals surface area contributed by atoms with E-state index >= 15 is 0 Å². The Balaban J connectivity index is 1.44. The highest BCUT2D eigenvalue weighted by Gasteiger charge is 2.23. The van der Waals surface area contributed by atoms with Crippen LogP contribution in [0.2, 0.25) is 0 Å². The third-order valence-corrected chi connectivity index (χ3v) is 4.34. The van der Waals surface area contributed by atoms with Gasteiger partial charge < -0.3 is 15.0 Å². The summed E-state index contributed by atoms with van der Waals surface area (Å²) in [5.74, 6) is 0.886. The van der Waals surface area contributed by atoms with Gasteiger partial charge in [-0.25, -0.2) is 9.97 Å². The van der Waals surface area contributed by atoms with Crippen molar-refractivity contribution < 1.29 is 9.53 Å². The van der Waals surface area contributed by atoms with Crippen LogP contribution < -0.4 is 10.2 Å². The summed E-state index contributed by atoms with van der Waals surface area (Å²) in [5.41, 5.74) is 0. The lowest BCUT2D eigenvalue weighted by Crippen LogP contribution is -2.48. The van der Waals surface area contributed by atoms with Crippen LogP contribution in [-0.2, 0) is 9.53 Å². The molecule has 6 heteroatoms. The van der Waals surface area contributed by atoms with Gasteiger partial charge in [-0.3, -0.25) is 4.79 Å². The molecule has 1 amide bonds. The molecule has 2 saturated heterocycles. The van der Waals surface area contributed by atoms with Crippen LogP contribution in [0.1, 0.15) is 38.5 Å². The summed E-state index contributed by atoms with van der Waals surface area (Å²) in [5, 5.41) is 3.15. The Morgan fingerprint density at radius 2 is 2.18 bits per heavy atom. The molecular weight excluding hydrogens is 280 g/mol. The number of ether oxygens (including phenoxy) is 1. The maximum atomic E-state index is 12.1. The van der Waals surface area contributed by atoms with Crippen LogP contribution in [0.25, 0.3) is 0 Å². The molecule has 0 aromatic carbocycles. The summed E-state index contributed by atoms with van der Waals surface area (Å²) in [7, 11) is 0. The van der Waals surface area contributed by atoms with Crippen molar-refractivity contribution in [3.05, 3.63) is 18.5 Å². The van der Waals surface area contributed by atoms with E-state index in [1.54, 1.807) is 12.4 Å². The molecule has 0 unspecified atom stereocenters. The normalized spacial score (nSPS) is 25.2. The topological polar surface area (TPSA) is 67.3 Å². The van der Waals surface area contributed by atoms with E-state index in [9.17, 15) is 4.79 Å². The Morgan fingerprint density at radius 1 is 1.32 bits per heavy atom. The van der Waals surface area contributed by atoms with Crippen molar-refractivity contribution in [2.24, 2.45) is 0 Å². The Morgan fingerprint density at radius 3 is 2.95 bits per heavy atom. The highest BCUT2D eigenvalue weighted by atomic mass is 16.5. The molecule has 0 spiro atoms. The Kier molecular flexibility index (Phi) is 5.21. The van der Waals surface area contributed by atoms with E-state index in [2.05, 4.69) is 20.2 Å². The van der Waals surface area contributed by atoms with E-state index in [0.29, 0.717) is 6.42 Å². The zero-order chi connectivity index (χ0) is 15.2. The van der Waals surface area contributed by atoms with Crippen LogP contribution in [-0.4, -0.2) is 47.7 Å². The number of aromatic nitrogens is 2. The van der Waals surface area contributed by atoms with Gasteiger partial charge in [-0.05, 0) is 38.2 Å². The molecule has 0 saturated carbocycles. The number of nitrogens with zero attached hydrogens (tertiary/aromatic N) is 3. The van der Waals surface area contributed by atoms with E-state index in [1.807, 2.05) is 6.07 Å². The molecule has 6 nitrogen and oxygen atoms in total. The lowest BCUT2D eigenvalue weighted by atomic mass is 10.1. The molecule has 0 radical (unpaired) electrons. The average molecular weight is 304 g/mol. The van der Waals surface area contributed by atoms with Gasteiger partial charge in [0.1, 0.15) is 0 Å². The molecule has 2 atom stereocenters. The van der Waals surface area contributed by atoms with Crippen LogP contribution in [0, 0.1) is 0 Å². The number of carbonyl (C=O) groups is 1. The summed E-state index contributed by atoms with van der Waals surface area (Å²) in [6.07, 6.45) is 9.48. The smallest absolute Gasteiger partial charge is 0.225 e.